The Labute approximate surface area is 182 Å². The van der Waals surface area contributed by atoms with Gasteiger partial charge in [0, 0.05) is 25.3 Å². The quantitative estimate of drug-likeness (QED) is 0.635. The van der Waals surface area contributed by atoms with Gasteiger partial charge >= 0.3 is 0 Å². The number of sulfone groups is 1. The zero-order valence-electron chi connectivity index (χ0n) is 17.6. The molecule has 3 aromatic carbocycles. The Balaban J connectivity index is 1.93. The summed E-state index contributed by atoms with van der Waals surface area (Å²) >= 11 is 0. The number of anilines is 1. The van der Waals surface area contributed by atoms with Crippen molar-refractivity contribution in [2.24, 2.45) is 0 Å². The zero-order chi connectivity index (χ0) is 22.6. The molecule has 1 N–H and O–H groups in total. The molecule has 0 heterocycles. The van der Waals surface area contributed by atoms with E-state index in [0.717, 1.165) is 0 Å². The van der Waals surface area contributed by atoms with Crippen molar-refractivity contribution in [2.75, 3.05) is 19.4 Å². The highest BCUT2D eigenvalue weighted by atomic mass is 32.2. The molecule has 3 aromatic rings. The van der Waals surface area contributed by atoms with Gasteiger partial charge in [-0.2, -0.15) is 0 Å². The molecular weight excluding hydrogens is 412 g/mol. The highest BCUT2D eigenvalue weighted by Crippen LogP contribution is 2.24. The van der Waals surface area contributed by atoms with Gasteiger partial charge in [-0.1, -0.05) is 48.5 Å². The van der Waals surface area contributed by atoms with E-state index in [2.05, 4.69) is 5.32 Å². The van der Waals surface area contributed by atoms with Crippen molar-refractivity contribution in [1.82, 2.24) is 4.90 Å². The maximum atomic E-state index is 13.0. The first-order valence-electron chi connectivity index (χ1n) is 9.69. The van der Waals surface area contributed by atoms with Crippen LogP contribution in [-0.2, 0) is 15.6 Å². The third-order valence-corrected chi connectivity index (χ3v) is 6.62. The maximum absolute atomic E-state index is 13.0. The molecule has 0 saturated heterocycles. The van der Waals surface area contributed by atoms with Crippen LogP contribution in [0.4, 0.5) is 5.69 Å². The molecule has 0 saturated carbocycles. The maximum Gasteiger partial charge on any atom is 0.256 e. The van der Waals surface area contributed by atoms with Crippen molar-refractivity contribution in [3.8, 4) is 0 Å². The zero-order valence-corrected chi connectivity index (χ0v) is 18.4. The van der Waals surface area contributed by atoms with Crippen LogP contribution in [0, 0.1) is 6.92 Å². The van der Waals surface area contributed by atoms with Gasteiger partial charge in [0.05, 0.1) is 16.2 Å². The van der Waals surface area contributed by atoms with Gasteiger partial charge in [-0.25, -0.2) is 8.42 Å². The van der Waals surface area contributed by atoms with Crippen LogP contribution < -0.4 is 5.32 Å². The molecule has 0 aliphatic carbocycles. The van der Waals surface area contributed by atoms with E-state index < -0.39 is 15.7 Å². The highest BCUT2D eigenvalue weighted by Gasteiger charge is 2.23. The van der Waals surface area contributed by atoms with Crippen molar-refractivity contribution < 1.29 is 18.0 Å². The molecule has 0 bridgehead atoms. The third-order valence-electron chi connectivity index (χ3n) is 4.88. The van der Waals surface area contributed by atoms with Crippen molar-refractivity contribution in [2.45, 2.75) is 17.6 Å². The Morgan fingerprint density at radius 1 is 0.839 bits per heavy atom. The minimum atomic E-state index is -3.75. The van der Waals surface area contributed by atoms with E-state index in [9.17, 15) is 18.0 Å². The van der Waals surface area contributed by atoms with Crippen molar-refractivity contribution in [3.63, 3.8) is 0 Å². The van der Waals surface area contributed by atoms with Gasteiger partial charge in [-0.3, -0.25) is 9.59 Å². The lowest BCUT2D eigenvalue weighted by molar-refractivity contribution is 0.0826. The van der Waals surface area contributed by atoms with Crippen molar-refractivity contribution in [3.05, 3.63) is 95.1 Å². The van der Waals surface area contributed by atoms with Crippen LogP contribution in [0.25, 0.3) is 0 Å². The normalized spacial score (nSPS) is 11.1. The number of nitrogens with zero attached hydrogens (tertiary/aromatic N) is 1. The number of benzene rings is 3. The summed E-state index contributed by atoms with van der Waals surface area (Å²) in [5.74, 6) is -0.937. The summed E-state index contributed by atoms with van der Waals surface area (Å²) in [7, 11) is -0.439. The van der Waals surface area contributed by atoms with Gasteiger partial charge in [0.2, 0.25) is 0 Å². The van der Waals surface area contributed by atoms with E-state index in [4.69, 9.17) is 0 Å². The topological polar surface area (TPSA) is 83.5 Å². The van der Waals surface area contributed by atoms with E-state index >= 15 is 0 Å². The number of hydrogen-bond donors (Lipinski definition) is 1. The van der Waals surface area contributed by atoms with Crippen molar-refractivity contribution in [1.29, 1.82) is 0 Å². The number of hydrogen-bond acceptors (Lipinski definition) is 4. The Kier molecular flexibility index (Phi) is 6.56. The van der Waals surface area contributed by atoms with E-state index in [1.807, 2.05) is 6.07 Å². The molecule has 6 nitrogen and oxygen atoms in total. The van der Waals surface area contributed by atoms with Gasteiger partial charge in [0.25, 0.3) is 11.8 Å². The molecule has 2 amide bonds. The van der Waals surface area contributed by atoms with Crippen LogP contribution in [0.5, 0.6) is 0 Å². The number of amides is 2. The van der Waals surface area contributed by atoms with Gasteiger partial charge < -0.3 is 10.2 Å². The molecule has 31 heavy (non-hydrogen) atoms. The Morgan fingerprint density at radius 3 is 2.13 bits per heavy atom. The fourth-order valence-corrected chi connectivity index (χ4v) is 4.80. The van der Waals surface area contributed by atoms with Crippen LogP contribution in [0.3, 0.4) is 0 Å². The smallest absolute Gasteiger partial charge is 0.256 e. The summed E-state index contributed by atoms with van der Waals surface area (Å²) in [5.41, 5.74) is 2.23. The molecule has 0 aromatic heterocycles. The molecule has 0 fully saturated rings. The Bertz CT molecular complexity index is 1220. The summed E-state index contributed by atoms with van der Waals surface area (Å²) < 4.78 is 26.1. The number of nitrogens with one attached hydrogen (secondary N) is 1. The van der Waals surface area contributed by atoms with E-state index in [1.54, 1.807) is 75.6 Å². The lowest BCUT2D eigenvalue weighted by Crippen LogP contribution is -2.23. The van der Waals surface area contributed by atoms with Gasteiger partial charge in [-0.15, -0.1) is 0 Å². The second-order valence-electron chi connectivity index (χ2n) is 7.37. The molecule has 7 heteroatoms. The number of rotatable bonds is 6. The first kappa shape index (κ1) is 22.2. The minimum Gasteiger partial charge on any atom is -0.345 e. The van der Waals surface area contributed by atoms with Gasteiger partial charge in [-0.05, 0) is 42.3 Å². The highest BCUT2D eigenvalue weighted by molar-refractivity contribution is 7.90. The molecule has 3 rings (SSSR count). The van der Waals surface area contributed by atoms with Gasteiger partial charge in [0.15, 0.2) is 9.84 Å². The first-order valence-corrected chi connectivity index (χ1v) is 11.3. The minimum absolute atomic E-state index is 0.0328. The second-order valence-corrected chi connectivity index (χ2v) is 9.33. The summed E-state index contributed by atoms with van der Waals surface area (Å²) in [6, 6.07) is 20.0. The Morgan fingerprint density at radius 2 is 1.45 bits per heavy atom. The van der Waals surface area contributed by atoms with Crippen molar-refractivity contribution >= 4 is 27.3 Å². The van der Waals surface area contributed by atoms with Crippen LogP contribution in [0.2, 0.25) is 0 Å². The predicted molar refractivity (Wildman–Crippen MR) is 121 cm³/mol. The van der Waals surface area contributed by atoms with E-state index in [0.29, 0.717) is 22.4 Å². The summed E-state index contributed by atoms with van der Waals surface area (Å²) in [5, 5.41) is 2.76. The average Bonchev–Trinajstić information content (AvgIpc) is 2.75. The third kappa shape index (κ3) is 5.00. The van der Waals surface area contributed by atoms with Gasteiger partial charge in [0.1, 0.15) is 0 Å². The second kappa shape index (κ2) is 9.14. The molecule has 0 spiro atoms. The Hall–Kier alpha value is -3.45. The summed E-state index contributed by atoms with van der Waals surface area (Å²) in [4.78, 5) is 26.8. The van der Waals surface area contributed by atoms with Crippen LogP contribution >= 0.6 is 0 Å². The summed E-state index contributed by atoms with van der Waals surface area (Å²) in [6.45, 7) is 1.74. The lowest BCUT2D eigenvalue weighted by atomic mass is 10.1. The predicted octanol–water partition coefficient (Wildman–Crippen LogP) is 3.92. The number of carbonyl (C=O) groups is 2. The first-order chi connectivity index (χ1) is 14.7. The largest absolute Gasteiger partial charge is 0.345 e. The molecule has 0 aliphatic heterocycles. The fraction of sp³-hybridized carbons (Fsp3) is 0.167. The monoisotopic (exact) mass is 436 g/mol. The molecule has 0 aliphatic rings. The van der Waals surface area contributed by atoms with E-state index in [-0.39, 0.29) is 22.1 Å². The fourth-order valence-electron chi connectivity index (χ4n) is 3.23. The van der Waals surface area contributed by atoms with Crippen LogP contribution in [0.1, 0.15) is 31.8 Å². The molecular formula is C24H24N2O4S. The van der Waals surface area contributed by atoms with Crippen LogP contribution in [0.15, 0.2) is 77.7 Å². The summed E-state index contributed by atoms with van der Waals surface area (Å²) in [6.07, 6.45) is 0. The van der Waals surface area contributed by atoms with E-state index in [1.165, 1.54) is 17.0 Å². The molecule has 0 unspecified atom stereocenters. The molecule has 160 valence electrons. The van der Waals surface area contributed by atoms with Crippen LogP contribution in [-0.4, -0.2) is 39.2 Å². The average molecular weight is 437 g/mol. The lowest BCUT2D eigenvalue weighted by Gasteiger charge is -2.16. The molecule has 0 radical (unpaired) electrons. The molecule has 0 atom stereocenters. The number of carbonyl (C=O) groups excluding carboxylic acids is 2. The standard InChI is InChI=1S/C24H24N2O4S/c1-17-19(24(28)26(2)3)13-9-14-21(17)25-23(27)20-12-7-8-15-22(20)31(29,30)16-18-10-5-4-6-11-18/h4-15H,16H2,1-3H3,(H,25,27). The SMILES string of the molecule is Cc1c(NC(=O)c2ccccc2S(=O)(=O)Cc2ccccc2)cccc1C(=O)N(C)C.